The van der Waals surface area contributed by atoms with Crippen molar-refractivity contribution in [2.75, 3.05) is 0 Å². The molecule has 0 aliphatic heterocycles. The van der Waals surface area contributed by atoms with E-state index in [4.69, 9.17) is 5.41 Å². The lowest BCUT2D eigenvalue weighted by atomic mass is 10.00. The second-order valence-electron chi connectivity index (χ2n) is 4.10. The molecule has 0 atom stereocenters. The number of nitrogens with one attached hydrogen (secondary N) is 1. The Kier molecular flexibility index (Phi) is 2.72. The summed E-state index contributed by atoms with van der Waals surface area (Å²) in [4.78, 5) is 10.7. The van der Waals surface area contributed by atoms with E-state index in [0.717, 1.165) is 6.21 Å². The lowest BCUT2D eigenvalue weighted by Gasteiger charge is -2.08. The number of benzene rings is 1. The Morgan fingerprint density at radius 2 is 2.05 bits per heavy atom. The molecule has 3 rings (SSSR count). The van der Waals surface area contributed by atoms with Crippen molar-refractivity contribution in [1.82, 2.24) is 14.8 Å². The van der Waals surface area contributed by atoms with Crippen LogP contribution in [0.4, 0.5) is 5.69 Å². The third kappa shape index (κ3) is 1.72. The molecule has 7 nitrogen and oxygen atoms in total. The van der Waals surface area contributed by atoms with Gasteiger partial charge in [0.2, 0.25) is 0 Å². The normalized spacial score (nSPS) is 10.6. The van der Waals surface area contributed by atoms with E-state index in [2.05, 4.69) is 10.2 Å². The smallest absolute Gasteiger partial charge is 0.277 e. The van der Waals surface area contributed by atoms with E-state index in [1.807, 2.05) is 0 Å². The van der Waals surface area contributed by atoms with Crippen molar-refractivity contribution >= 4 is 17.4 Å². The van der Waals surface area contributed by atoms with E-state index in [-0.39, 0.29) is 5.69 Å². The Bertz CT molecular complexity index is 824. The highest BCUT2D eigenvalue weighted by Gasteiger charge is 2.19. The van der Waals surface area contributed by atoms with Crippen LogP contribution >= 0.6 is 0 Å². The van der Waals surface area contributed by atoms with E-state index >= 15 is 0 Å². The second-order valence-corrected chi connectivity index (χ2v) is 4.10. The Labute approximate surface area is 113 Å². The summed E-state index contributed by atoms with van der Waals surface area (Å²) in [5.41, 5.74) is 2.15. The van der Waals surface area contributed by atoms with Crippen LogP contribution < -0.4 is 0 Å². The highest BCUT2D eigenvalue weighted by Crippen LogP contribution is 2.33. The van der Waals surface area contributed by atoms with Crippen molar-refractivity contribution in [1.29, 1.82) is 5.41 Å². The Morgan fingerprint density at radius 1 is 1.25 bits per heavy atom. The van der Waals surface area contributed by atoms with Crippen molar-refractivity contribution in [3.8, 4) is 11.1 Å². The van der Waals surface area contributed by atoms with Crippen LogP contribution in [0.5, 0.6) is 0 Å². The van der Waals surface area contributed by atoms with Crippen molar-refractivity contribution in [3.63, 3.8) is 0 Å². The molecule has 0 saturated heterocycles. The summed E-state index contributed by atoms with van der Waals surface area (Å²) >= 11 is 0. The third-order valence-corrected chi connectivity index (χ3v) is 3.00. The van der Waals surface area contributed by atoms with Crippen LogP contribution in [0.25, 0.3) is 16.6 Å². The minimum Gasteiger partial charge on any atom is -0.308 e. The highest BCUT2D eigenvalue weighted by molar-refractivity contribution is 5.97. The molecule has 0 amide bonds. The molecule has 0 spiro atoms. The zero-order chi connectivity index (χ0) is 14.1. The van der Waals surface area contributed by atoms with Gasteiger partial charge >= 0.3 is 0 Å². The van der Waals surface area contributed by atoms with Gasteiger partial charge in [0.25, 0.3) is 5.69 Å². The molecular formula is C13H9N5O2. The van der Waals surface area contributed by atoms with Gasteiger partial charge < -0.3 is 5.41 Å². The molecule has 0 aliphatic carbocycles. The molecule has 1 aromatic carbocycles. The maximum absolute atomic E-state index is 11.2. The minimum atomic E-state index is -0.434. The van der Waals surface area contributed by atoms with Crippen LogP contribution in [0, 0.1) is 15.5 Å². The predicted molar refractivity (Wildman–Crippen MR) is 73.0 cm³/mol. The second kappa shape index (κ2) is 4.54. The van der Waals surface area contributed by atoms with Gasteiger partial charge in [-0.25, -0.2) is 0 Å². The van der Waals surface area contributed by atoms with Gasteiger partial charge in [0, 0.05) is 23.4 Å². The van der Waals surface area contributed by atoms with Crippen LogP contribution in [0.3, 0.4) is 0 Å². The molecule has 0 saturated carbocycles. The monoisotopic (exact) mass is 267 g/mol. The minimum absolute atomic E-state index is 0.00935. The number of rotatable bonds is 3. The summed E-state index contributed by atoms with van der Waals surface area (Å²) < 4.78 is 1.39. The highest BCUT2D eigenvalue weighted by atomic mass is 16.6. The first-order chi connectivity index (χ1) is 9.72. The number of hydrogen-bond acceptors (Lipinski definition) is 5. The number of hydrogen-bond donors (Lipinski definition) is 1. The predicted octanol–water partition coefficient (Wildman–Crippen LogP) is 2.30. The number of fused-ring (bicyclic) bond motifs is 1. The van der Waals surface area contributed by atoms with Crippen LogP contribution in [-0.2, 0) is 0 Å². The number of aromatic nitrogens is 3. The summed E-state index contributed by atoms with van der Waals surface area (Å²) in [5, 5.41) is 26.7. The molecule has 0 radical (unpaired) electrons. The van der Waals surface area contributed by atoms with Crippen molar-refractivity contribution in [3.05, 3.63) is 58.4 Å². The Hall–Kier alpha value is -3.09. The Balaban J connectivity index is 2.42. The van der Waals surface area contributed by atoms with E-state index in [0.29, 0.717) is 22.2 Å². The van der Waals surface area contributed by atoms with Gasteiger partial charge in [-0.05, 0) is 12.1 Å². The van der Waals surface area contributed by atoms with Gasteiger partial charge in [-0.2, -0.15) is 14.8 Å². The van der Waals surface area contributed by atoms with Crippen molar-refractivity contribution < 1.29 is 4.92 Å². The van der Waals surface area contributed by atoms with Gasteiger partial charge in [-0.15, -0.1) is 0 Å². The van der Waals surface area contributed by atoms with Crippen LogP contribution in [-0.4, -0.2) is 26.0 Å². The van der Waals surface area contributed by atoms with Crippen molar-refractivity contribution in [2.24, 2.45) is 0 Å². The molecule has 0 aliphatic rings. The fraction of sp³-hybridized carbons (Fsp3) is 0. The van der Waals surface area contributed by atoms with Crippen molar-refractivity contribution in [2.45, 2.75) is 0 Å². The van der Waals surface area contributed by atoms with Crippen LogP contribution in [0.1, 0.15) is 5.56 Å². The van der Waals surface area contributed by atoms with E-state index in [9.17, 15) is 10.1 Å². The molecule has 1 N–H and O–H groups in total. The number of para-hydroxylation sites is 1. The van der Waals surface area contributed by atoms with E-state index < -0.39 is 4.92 Å². The van der Waals surface area contributed by atoms with Gasteiger partial charge in [0.15, 0.2) is 0 Å². The largest absolute Gasteiger partial charge is 0.308 e. The molecule has 0 bridgehead atoms. The molecule has 0 unspecified atom stereocenters. The molecule has 3 aromatic rings. The average Bonchev–Trinajstić information content (AvgIpc) is 2.94. The molecule has 2 heterocycles. The summed E-state index contributed by atoms with van der Waals surface area (Å²) in [7, 11) is 0. The van der Waals surface area contributed by atoms with E-state index in [1.54, 1.807) is 30.5 Å². The fourth-order valence-corrected chi connectivity index (χ4v) is 2.15. The fourth-order valence-electron chi connectivity index (χ4n) is 2.15. The lowest BCUT2D eigenvalue weighted by molar-refractivity contribution is -0.384. The van der Waals surface area contributed by atoms with E-state index in [1.165, 1.54) is 16.9 Å². The quantitative estimate of drug-likeness (QED) is 0.447. The molecule has 20 heavy (non-hydrogen) atoms. The molecule has 0 fully saturated rings. The number of nitrogens with zero attached hydrogens (tertiary/aromatic N) is 4. The first kappa shape index (κ1) is 12.0. The standard InChI is InChI=1S/C13H9N5O2/c14-7-9-8-16-17-12(5-6-15-17)13(9)10-3-1-2-4-11(10)18(19)20/h1-8,14H. The van der Waals surface area contributed by atoms with Crippen LogP contribution in [0.15, 0.2) is 42.7 Å². The molecule has 2 aromatic heterocycles. The van der Waals surface area contributed by atoms with Crippen LogP contribution in [0.2, 0.25) is 0 Å². The molecule has 98 valence electrons. The summed E-state index contributed by atoms with van der Waals surface area (Å²) in [6, 6.07) is 8.15. The number of nitro groups is 1. The van der Waals surface area contributed by atoms with Gasteiger partial charge in [0.05, 0.1) is 28.4 Å². The molecule has 7 heteroatoms. The summed E-state index contributed by atoms with van der Waals surface area (Å²) in [6.45, 7) is 0. The zero-order valence-electron chi connectivity index (χ0n) is 10.2. The SMILES string of the molecule is N=Cc1cnn2nccc2c1-c1ccccc1[N+](=O)[O-]. The van der Waals surface area contributed by atoms with Gasteiger partial charge in [0.1, 0.15) is 0 Å². The maximum atomic E-state index is 11.2. The summed E-state index contributed by atoms with van der Waals surface area (Å²) in [5.74, 6) is 0. The molecular weight excluding hydrogens is 258 g/mol. The third-order valence-electron chi connectivity index (χ3n) is 3.00. The average molecular weight is 267 g/mol. The zero-order valence-corrected chi connectivity index (χ0v) is 10.2. The maximum Gasteiger partial charge on any atom is 0.277 e. The first-order valence-electron chi connectivity index (χ1n) is 5.79. The topological polar surface area (TPSA) is 97.2 Å². The van der Waals surface area contributed by atoms with Gasteiger partial charge in [-0.3, -0.25) is 10.1 Å². The summed E-state index contributed by atoms with van der Waals surface area (Å²) in [6.07, 6.45) is 4.17. The number of nitro benzene ring substituents is 1. The first-order valence-corrected chi connectivity index (χ1v) is 5.79. The van der Waals surface area contributed by atoms with Gasteiger partial charge in [-0.1, -0.05) is 12.1 Å². The lowest BCUT2D eigenvalue weighted by Crippen LogP contribution is -2.01. The Morgan fingerprint density at radius 3 is 2.80 bits per heavy atom.